The Balaban J connectivity index is 2.69. The number of hydrogen-bond acceptors (Lipinski definition) is 2. The molecule has 0 fully saturated rings. The smallest absolute Gasteiger partial charge is 0.121 e. The molecular weight excluding hydrogens is 198 g/mol. The molecule has 1 rings (SSSR count). The van der Waals surface area contributed by atoms with Crippen LogP contribution in [0.3, 0.4) is 0 Å². The molecule has 16 heavy (non-hydrogen) atoms. The molecule has 0 saturated heterocycles. The molecule has 0 saturated carbocycles. The van der Waals surface area contributed by atoms with E-state index in [1.165, 1.54) is 11.1 Å². The minimum absolute atomic E-state index is 0.395. The second kappa shape index (κ2) is 5.90. The van der Waals surface area contributed by atoms with Crippen LogP contribution >= 0.6 is 0 Å². The van der Waals surface area contributed by atoms with E-state index in [4.69, 9.17) is 4.74 Å². The molecule has 2 nitrogen and oxygen atoms in total. The Labute approximate surface area is 99.0 Å². The van der Waals surface area contributed by atoms with Crippen LogP contribution in [0.25, 0.3) is 0 Å². The van der Waals surface area contributed by atoms with E-state index in [1.54, 1.807) is 7.11 Å². The van der Waals surface area contributed by atoms with E-state index < -0.39 is 0 Å². The second-order valence-corrected chi connectivity index (χ2v) is 4.75. The van der Waals surface area contributed by atoms with Gasteiger partial charge in [-0.2, -0.15) is 0 Å². The van der Waals surface area contributed by atoms with Crippen molar-refractivity contribution in [1.29, 1.82) is 0 Å². The van der Waals surface area contributed by atoms with Gasteiger partial charge in [0.25, 0.3) is 0 Å². The standard InChI is InChI=1S/C14H23NO/c1-10(2)9-15-12(4)13-6-7-14(16-5)11(3)8-13/h6-8,10,12,15H,9H2,1-5H3. The molecule has 0 aromatic heterocycles. The predicted molar refractivity (Wildman–Crippen MR) is 69.0 cm³/mol. The van der Waals surface area contributed by atoms with Crippen molar-refractivity contribution in [2.45, 2.75) is 33.7 Å². The van der Waals surface area contributed by atoms with E-state index in [0.29, 0.717) is 12.0 Å². The lowest BCUT2D eigenvalue weighted by molar-refractivity contribution is 0.411. The number of ether oxygens (including phenoxy) is 1. The third-order valence-corrected chi connectivity index (χ3v) is 2.75. The predicted octanol–water partition coefficient (Wildman–Crippen LogP) is 3.31. The van der Waals surface area contributed by atoms with E-state index in [-0.39, 0.29) is 0 Å². The summed E-state index contributed by atoms with van der Waals surface area (Å²) in [6.07, 6.45) is 0. The van der Waals surface area contributed by atoms with Crippen LogP contribution in [0.4, 0.5) is 0 Å². The molecule has 1 atom stereocenters. The number of hydrogen-bond donors (Lipinski definition) is 1. The largest absolute Gasteiger partial charge is 0.496 e. The van der Waals surface area contributed by atoms with Gasteiger partial charge in [0.05, 0.1) is 7.11 Å². The number of nitrogens with one attached hydrogen (secondary N) is 1. The van der Waals surface area contributed by atoms with Crippen molar-refractivity contribution in [3.8, 4) is 5.75 Å². The summed E-state index contributed by atoms with van der Waals surface area (Å²) in [5, 5.41) is 3.52. The topological polar surface area (TPSA) is 21.3 Å². The van der Waals surface area contributed by atoms with Gasteiger partial charge in [0.2, 0.25) is 0 Å². The highest BCUT2D eigenvalue weighted by Gasteiger charge is 2.07. The summed E-state index contributed by atoms with van der Waals surface area (Å²) in [5.74, 6) is 1.64. The molecule has 0 aliphatic heterocycles. The maximum Gasteiger partial charge on any atom is 0.121 e. The normalized spacial score (nSPS) is 12.9. The SMILES string of the molecule is COc1ccc(C(C)NCC(C)C)cc1C. The second-order valence-electron chi connectivity index (χ2n) is 4.75. The summed E-state index contributed by atoms with van der Waals surface area (Å²) < 4.78 is 5.26. The van der Waals surface area contributed by atoms with Crippen LogP contribution in [-0.2, 0) is 0 Å². The van der Waals surface area contributed by atoms with E-state index in [9.17, 15) is 0 Å². The molecule has 1 unspecified atom stereocenters. The summed E-state index contributed by atoms with van der Waals surface area (Å²) in [4.78, 5) is 0. The molecule has 1 N–H and O–H groups in total. The van der Waals surface area contributed by atoms with Crippen molar-refractivity contribution in [2.75, 3.05) is 13.7 Å². The minimum Gasteiger partial charge on any atom is -0.496 e. The van der Waals surface area contributed by atoms with Gasteiger partial charge >= 0.3 is 0 Å². The Morgan fingerprint density at radius 2 is 1.94 bits per heavy atom. The molecule has 0 radical (unpaired) electrons. The number of rotatable bonds is 5. The van der Waals surface area contributed by atoms with Crippen LogP contribution in [0.2, 0.25) is 0 Å². The van der Waals surface area contributed by atoms with Gasteiger partial charge in [-0.15, -0.1) is 0 Å². The van der Waals surface area contributed by atoms with Gasteiger partial charge in [0, 0.05) is 6.04 Å². The summed E-state index contributed by atoms with van der Waals surface area (Å²) in [6.45, 7) is 9.77. The highest BCUT2D eigenvalue weighted by Crippen LogP contribution is 2.22. The van der Waals surface area contributed by atoms with Crippen molar-refractivity contribution in [1.82, 2.24) is 5.32 Å². The van der Waals surface area contributed by atoms with Crippen LogP contribution in [-0.4, -0.2) is 13.7 Å². The van der Waals surface area contributed by atoms with E-state index in [0.717, 1.165) is 12.3 Å². The van der Waals surface area contributed by atoms with Crippen molar-refractivity contribution in [3.63, 3.8) is 0 Å². The Bertz CT molecular complexity index is 334. The van der Waals surface area contributed by atoms with Crippen molar-refractivity contribution >= 4 is 0 Å². The fourth-order valence-electron chi connectivity index (χ4n) is 1.70. The zero-order valence-electron chi connectivity index (χ0n) is 11.0. The molecule has 0 aliphatic carbocycles. The minimum atomic E-state index is 0.395. The van der Waals surface area contributed by atoms with Crippen LogP contribution in [0.5, 0.6) is 5.75 Å². The van der Waals surface area contributed by atoms with Crippen LogP contribution in [0, 0.1) is 12.8 Å². The lowest BCUT2D eigenvalue weighted by atomic mass is 10.0. The third-order valence-electron chi connectivity index (χ3n) is 2.75. The summed E-state index contributed by atoms with van der Waals surface area (Å²) in [7, 11) is 1.71. The molecule has 1 aromatic rings. The highest BCUT2D eigenvalue weighted by molar-refractivity contribution is 5.37. The fourth-order valence-corrected chi connectivity index (χ4v) is 1.70. The number of benzene rings is 1. The summed E-state index contributed by atoms with van der Waals surface area (Å²) in [6, 6.07) is 6.76. The average molecular weight is 221 g/mol. The van der Waals surface area contributed by atoms with Crippen molar-refractivity contribution in [2.24, 2.45) is 5.92 Å². The molecule has 0 aliphatic rings. The first-order valence-corrected chi connectivity index (χ1v) is 5.92. The Morgan fingerprint density at radius 3 is 2.44 bits per heavy atom. The Morgan fingerprint density at radius 1 is 1.25 bits per heavy atom. The lowest BCUT2D eigenvalue weighted by Gasteiger charge is -2.17. The summed E-state index contributed by atoms with van der Waals surface area (Å²) in [5.41, 5.74) is 2.51. The third kappa shape index (κ3) is 3.53. The highest BCUT2D eigenvalue weighted by atomic mass is 16.5. The molecule has 0 heterocycles. The first-order chi connectivity index (χ1) is 7.54. The van der Waals surface area contributed by atoms with Crippen molar-refractivity contribution < 1.29 is 4.74 Å². The van der Waals surface area contributed by atoms with Gasteiger partial charge in [-0.05, 0) is 43.5 Å². The van der Waals surface area contributed by atoms with Crippen LogP contribution < -0.4 is 10.1 Å². The molecule has 0 bridgehead atoms. The van der Waals surface area contributed by atoms with Crippen LogP contribution in [0.15, 0.2) is 18.2 Å². The van der Waals surface area contributed by atoms with Gasteiger partial charge in [0.1, 0.15) is 5.75 Å². The van der Waals surface area contributed by atoms with Gasteiger partial charge in [-0.3, -0.25) is 0 Å². The van der Waals surface area contributed by atoms with Gasteiger partial charge in [0.15, 0.2) is 0 Å². The number of aryl methyl sites for hydroxylation is 1. The number of methoxy groups -OCH3 is 1. The van der Waals surface area contributed by atoms with E-state index >= 15 is 0 Å². The maximum atomic E-state index is 5.26. The first kappa shape index (κ1) is 13.0. The molecule has 2 heteroatoms. The van der Waals surface area contributed by atoms with Crippen LogP contribution in [0.1, 0.15) is 37.9 Å². The summed E-state index contributed by atoms with van der Waals surface area (Å²) >= 11 is 0. The molecular formula is C14H23NO. The first-order valence-electron chi connectivity index (χ1n) is 5.92. The van der Waals surface area contributed by atoms with E-state index in [1.807, 2.05) is 6.07 Å². The average Bonchev–Trinajstić information content (AvgIpc) is 2.25. The molecule has 1 aromatic carbocycles. The van der Waals surface area contributed by atoms with Gasteiger partial charge in [-0.25, -0.2) is 0 Å². The van der Waals surface area contributed by atoms with E-state index in [2.05, 4.69) is 45.1 Å². The quantitative estimate of drug-likeness (QED) is 0.823. The molecule has 0 amide bonds. The fraction of sp³-hybridized carbons (Fsp3) is 0.571. The zero-order valence-corrected chi connectivity index (χ0v) is 11.0. The lowest BCUT2D eigenvalue weighted by Crippen LogP contribution is -2.23. The van der Waals surface area contributed by atoms with Gasteiger partial charge in [-0.1, -0.05) is 26.0 Å². The molecule has 0 spiro atoms. The Hall–Kier alpha value is -1.02. The monoisotopic (exact) mass is 221 g/mol. The van der Waals surface area contributed by atoms with Crippen molar-refractivity contribution in [3.05, 3.63) is 29.3 Å². The van der Waals surface area contributed by atoms with Gasteiger partial charge < -0.3 is 10.1 Å². The molecule has 90 valence electrons. The Kier molecular flexibility index (Phi) is 4.81. The zero-order chi connectivity index (χ0) is 12.1. The maximum absolute atomic E-state index is 5.26.